The SMILES string of the molecule is CC(C)(C)OC(=O)C=CCCN1CCCC(F)C1F. The summed E-state index contributed by atoms with van der Waals surface area (Å²) in [4.78, 5) is 12.8. The van der Waals surface area contributed by atoms with E-state index >= 15 is 0 Å². The second kappa shape index (κ2) is 6.98. The zero-order valence-electron chi connectivity index (χ0n) is 11.9. The van der Waals surface area contributed by atoms with Crippen LogP contribution >= 0.6 is 0 Å². The number of carbonyl (C=O) groups is 1. The minimum Gasteiger partial charge on any atom is -0.457 e. The molecule has 2 atom stereocenters. The number of likely N-dealkylation sites (tertiary alicyclic amines) is 1. The van der Waals surface area contributed by atoms with Gasteiger partial charge in [-0.2, -0.15) is 0 Å². The highest BCUT2D eigenvalue weighted by Gasteiger charge is 2.30. The number of hydrogen-bond donors (Lipinski definition) is 0. The second-order valence-corrected chi connectivity index (χ2v) is 5.79. The van der Waals surface area contributed by atoms with E-state index in [4.69, 9.17) is 4.74 Å². The van der Waals surface area contributed by atoms with Crippen LogP contribution < -0.4 is 0 Å². The Kier molecular flexibility index (Phi) is 5.91. The van der Waals surface area contributed by atoms with Gasteiger partial charge in [0, 0.05) is 19.2 Å². The van der Waals surface area contributed by atoms with Crippen LogP contribution in [0.5, 0.6) is 0 Å². The number of nitrogens with zero attached hydrogens (tertiary/aromatic N) is 1. The van der Waals surface area contributed by atoms with Gasteiger partial charge < -0.3 is 4.74 Å². The molecule has 1 rings (SSSR count). The van der Waals surface area contributed by atoms with Crippen molar-refractivity contribution in [2.75, 3.05) is 13.1 Å². The number of carbonyl (C=O) groups excluding carboxylic acids is 1. The zero-order valence-corrected chi connectivity index (χ0v) is 11.9. The molecule has 3 nitrogen and oxygen atoms in total. The predicted molar refractivity (Wildman–Crippen MR) is 70.2 cm³/mol. The van der Waals surface area contributed by atoms with Crippen molar-refractivity contribution in [3.05, 3.63) is 12.2 Å². The van der Waals surface area contributed by atoms with Crippen molar-refractivity contribution in [2.24, 2.45) is 0 Å². The van der Waals surface area contributed by atoms with Crippen molar-refractivity contribution in [1.29, 1.82) is 0 Å². The molecule has 1 heterocycles. The van der Waals surface area contributed by atoms with Crippen LogP contribution in [-0.2, 0) is 9.53 Å². The summed E-state index contributed by atoms with van der Waals surface area (Å²) in [6.07, 6.45) is 1.57. The summed E-state index contributed by atoms with van der Waals surface area (Å²) in [6, 6.07) is 0. The maximum atomic E-state index is 13.5. The van der Waals surface area contributed by atoms with E-state index in [2.05, 4.69) is 0 Å². The van der Waals surface area contributed by atoms with Crippen molar-refractivity contribution in [3.63, 3.8) is 0 Å². The fourth-order valence-corrected chi connectivity index (χ4v) is 1.97. The van der Waals surface area contributed by atoms with Gasteiger partial charge in [0.25, 0.3) is 0 Å². The van der Waals surface area contributed by atoms with Crippen LogP contribution in [0.15, 0.2) is 12.2 Å². The molecule has 0 radical (unpaired) electrons. The van der Waals surface area contributed by atoms with Gasteiger partial charge in [-0.25, -0.2) is 13.6 Å². The number of hydrogen-bond acceptors (Lipinski definition) is 3. The Morgan fingerprint density at radius 2 is 2.11 bits per heavy atom. The topological polar surface area (TPSA) is 29.5 Å². The van der Waals surface area contributed by atoms with Crippen molar-refractivity contribution in [2.45, 2.75) is 58.1 Å². The van der Waals surface area contributed by atoms with Gasteiger partial charge in [-0.3, -0.25) is 4.90 Å². The number of esters is 1. The first-order chi connectivity index (χ1) is 8.79. The summed E-state index contributed by atoms with van der Waals surface area (Å²) in [5.74, 6) is -0.411. The molecular weight excluding hydrogens is 252 g/mol. The van der Waals surface area contributed by atoms with Crippen molar-refractivity contribution in [1.82, 2.24) is 4.90 Å². The lowest BCUT2D eigenvalue weighted by atomic mass is 10.1. The van der Waals surface area contributed by atoms with Gasteiger partial charge in [0.05, 0.1) is 0 Å². The molecule has 1 saturated heterocycles. The Morgan fingerprint density at radius 3 is 2.74 bits per heavy atom. The molecule has 0 spiro atoms. The fraction of sp³-hybridized carbons (Fsp3) is 0.786. The fourth-order valence-electron chi connectivity index (χ4n) is 1.97. The van der Waals surface area contributed by atoms with Crippen LogP contribution in [0.25, 0.3) is 0 Å². The first-order valence-corrected chi connectivity index (χ1v) is 6.71. The maximum Gasteiger partial charge on any atom is 0.330 e. The highest BCUT2D eigenvalue weighted by atomic mass is 19.2. The van der Waals surface area contributed by atoms with E-state index < -0.39 is 24.0 Å². The highest BCUT2D eigenvalue weighted by Crippen LogP contribution is 2.21. The normalized spacial score (nSPS) is 25.7. The number of alkyl halides is 2. The molecular formula is C14H23F2NO2. The lowest BCUT2D eigenvalue weighted by Crippen LogP contribution is -2.43. The van der Waals surface area contributed by atoms with E-state index in [1.807, 2.05) is 0 Å². The Labute approximate surface area is 113 Å². The van der Waals surface area contributed by atoms with Gasteiger partial charge in [0.1, 0.15) is 11.8 Å². The molecule has 1 aliphatic heterocycles. The van der Waals surface area contributed by atoms with E-state index in [1.165, 1.54) is 11.0 Å². The predicted octanol–water partition coefficient (Wildman–Crippen LogP) is 3.00. The lowest BCUT2D eigenvalue weighted by Gasteiger charge is -2.32. The van der Waals surface area contributed by atoms with Gasteiger partial charge in [-0.15, -0.1) is 0 Å². The average Bonchev–Trinajstić information content (AvgIpc) is 2.27. The van der Waals surface area contributed by atoms with Crippen molar-refractivity contribution < 1.29 is 18.3 Å². The van der Waals surface area contributed by atoms with E-state index in [-0.39, 0.29) is 0 Å². The van der Waals surface area contributed by atoms with E-state index in [1.54, 1.807) is 26.8 Å². The summed E-state index contributed by atoms with van der Waals surface area (Å²) in [7, 11) is 0. The average molecular weight is 275 g/mol. The van der Waals surface area contributed by atoms with Gasteiger partial charge in [0.2, 0.25) is 0 Å². The third-order valence-electron chi connectivity index (χ3n) is 2.82. The first kappa shape index (κ1) is 16.1. The van der Waals surface area contributed by atoms with Crippen LogP contribution in [0, 0.1) is 0 Å². The highest BCUT2D eigenvalue weighted by molar-refractivity contribution is 5.82. The van der Waals surface area contributed by atoms with Crippen molar-refractivity contribution >= 4 is 5.97 Å². The third-order valence-corrected chi connectivity index (χ3v) is 2.82. The van der Waals surface area contributed by atoms with Crippen molar-refractivity contribution in [3.8, 4) is 0 Å². The molecule has 0 aromatic heterocycles. The molecule has 0 aliphatic carbocycles. The molecule has 0 aromatic carbocycles. The van der Waals surface area contributed by atoms with Crippen LogP contribution in [0.1, 0.15) is 40.0 Å². The number of ether oxygens (including phenoxy) is 1. The monoisotopic (exact) mass is 275 g/mol. The Hall–Kier alpha value is -0.970. The first-order valence-electron chi connectivity index (χ1n) is 6.71. The van der Waals surface area contributed by atoms with Crippen LogP contribution in [-0.4, -0.2) is 42.0 Å². The number of rotatable bonds is 4. The van der Waals surface area contributed by atoms with Gasteiger partial charge >= 0.3 is 5.97 Å². The molecule has 2 unspecified atom stereocenters. The molecule has 19 heavy (non-hydrogen) atoms. The Balaban J connectivity index is 2.28. The van der Waals surface area contributed by atoms with Crippen LogP contribution in [0.3, 0.4) is 0 Å². The van der Waals surface area contributed by atoms with Crippen LogP contribution in [0.2, 0.25) is 0 Å². The summed E-state index contributed by atoms with van der Waals surface area (Å²) in [6.45, 7) is 6.37. The molecule has 0 saturated carbocycles. The Morgan fingerprint density at radius 1 is 1.42 bits per heavy atom. The molecule has 1 fully saturated rings. The smallest absolute Gasteiger partial charge is 0.330 e. The van der Waals surface area contributed by atoms with Gasteiger partial charge in [0.15, 0.2) is 6.30 Å². The standard InChI is InChI=1S/C14H23F2NO2/c1-14(2,3)19-12(18)8-4-5-9-17-10-6-7-11(15)13(17)16/h4,8,11,13H,5-7,9-10H2,1-3H3. The number of halogens is 2. The molecule has 110 valence electrons. The van der Waals surface area contributed by atoms with Gasteiger partial charge in [-0.05, 0) is 40.0 Å². The largest absolute Gasteiger partial charge is 0.457 e. The van der Waals surface area contributed by atoms with E-state index in [0.29, 0.717) is 32.4 Å². The lowest BCUT2D eigenvalue weighted by molar-refractivity contribution is -0.148. The second-order valence-electron chi connectivity index (χ2n) is 5.79. The molecule has 1 aliphatic rings. The molecule has 0 bridgehead atoms. The zero-order chi connectivity index (χ0) is 14.5. The quantitative estimate of drug-likeness (QED) is 0.449. The summed E-state index contributed by atoms with van der Waals surface area (Å²) >= 11 is 0. The minimum atomic E-state index is -1.51. The molecule has 5 heteroatoms. The minimum absolute atomic E-state index is 0.297. The summed E-state index contributed by atoms with van der Waals surface area (Å²) in [5.41, 5.74) is -0.514. The van der Waals surface area contributed by atoms with E-state index in [9.17, 15) is 13.6 Å². The van der Waals surface area contributed by atoms with Gasteiger partial charge in [-0.1, -0.05) is 6.08 Å². The van der Waals surface area contributed by atoms with Crippen LogP contribution in [0.4, 0.5) is 8.78 Å². The summed E-state index contributed by atoms with van der Waals surface area (Å²) in [5, 5.41) is 0. The molecule has 0 amide bonds. The maximum absolute atomic E-state index is 13.5. The third kappa shape index (κ3) is 6.14. The number of piperidine rings is 1. The Bertz CT molecular complexity index is 326. The summed E-state index contributed by atoms with van der Waals surface area (Å²) < 4.78 is 31.7. The van der Waals surface area contributed by atoms with E-state index in [0.717, 1.165) is 0 Å². The molecule has 0 aromatic rings. The molecule has 0 N–H and O–H groups in total.